The van der Waals surface area contributed by atoms with Crippen molar-refractivity contribution in [1.29, 1.82) is 5.26 Å². The average molecular weight is 326 g/mol. The van der Waals surface area contributed by atoms with Crippen LogP contribution in [0.15, 0.2) is 24.3 Å². The zero-order valence-electron chi connectivity index (χ0n) is 13.9. The van der Waals surface area contributed by atoms with Crippen molar-refractivity contribution in [3.8, 4) is 6.07 Å². The van der Waals surface area contributed by atoms with Gasteiger partial charge in [-0.3, -0.25) is 9.59 Å². The average Bonchev–Trinajstić information content (AvgIpc) is 3.46. The van der Waals surface area contributed by atoms with E-state index in [0.717, 1.165) is 37.8 Å². The monoisotopic (exact) mass is 326 g/mol. The van der Waals surface area contributed by atoms with Crippen molar-refractivity contribution in [2.45, 2.75) is 38.7 Å². The van der Waals surface area contributed by atoms with Crippen LogP contribution in [0.1, 0.15) is 49.8 Å². The Kier molecular flexibility index (Phi) is 4.84. The molecule has 24 heavy (non-hydrogen) atoms. The number of hydrogen-bond acceptors (Lipinski definition) is 4. The number of ether oxygens (including phenoxy) is 1. The van der Waals surface area contributed by atoms with Crippen LogP contribution in [-0.2, 0) is 14.3 Å². The Bertz CT molecular complexity index is 675. The van der Waals surface area contributed by atoms with Gasteiger partial charge in [0.1, 0.15) is 6.10 Å². The molecule has 0 radical (unpaired) electrons. The molecule has 0 spiro atoms. The van der Waals surface area contributed by atoms with Gasteiger partial charge >= 0.3 is 5.97 Å². The normalized spacial score (nSPS) is 21.7. The first-order valence-corrected chi connectivity index (χ1v) is 8.58. The lowest BCUT2D eigenvalue weighted by Crippen LogP contribution is -2.43. The number of hydrogen-bond donors (Lipinski definition) is 0. The summed E-state index contributed by atoms with van der Waals surface area (Å²) in [6.07, 6.45) is 3.17. The van der Waals surface area contributed by atoms with Crippen LogP contribution < -0.4 is 0 Å². The van der Waals surface area contributed by atoms with Crippen LogP contribution in [0, 0.1) is 23.2 Å². The Hall–Kier alpha value is -2.35. The van der Waals surface area contributed by atoms with Crippen LogP contribution in [0.2, 0.25) is 0 Å². The van der Waals surface area contributed by atoms with Gasteiger partial charge in [-0.2, -0.15) is 5.26 Å². The fourth-order valence-corrected chi connectivity index (χ4v) is 3.16. The number of benzene rings is 1. The first-order chi connectivity index (χ1) is 11.6. The van der Waals surface area contributed by atoms with Crippen LogP contribution in [-0.4, -0.2) is 29.9 Å². The van der Waals surface area contributed by atoms with Crippen LogP contribution >= 0.6 is 0 Å². The van der Waals surface area contributed by atoms with E-state index in [4.69, 9.17) is 10.00 Å². The molecule has 1 aromatic rings. The van der Waals surface area contributed by atoms with E-state index in [1.807, 2.05) is 17.9 Å². The summed E-state index contributed by atoms with van der Waals surface area (Å²) < 4.78 is 5.59. The summed E-state index contributed by atoms with van der Waals surface area (Å²) in [4.78, 5) is 26.5. The van der Waals surface area contributed by atoms with Crippen molar-refractivity contribution >= 4 is 11.9 Å². The second kappa shape index (κ2) is 7.04. The van der Waals surface area contributed by atoms with E-state index in [1.54, 1.807) is 18.2 Å². The quantitative estimate of drug-likeness (QED) is 0.798. The number of carbonyl (C=O) groups excluding carboxylic acids is 2. The fourth-order valence-electron chi connectivity index (χ4n) is 3.16. The number of likely N-dealkylation sites (tertiary alicyclic amines) is 1. The van der Waals surface area contributed by atoms with Gasteiger partial charge < -0.3 is 9.64 Å². The summed E-state index contributed by atoms with van der Waals surface area (Å²) in [7, 11) is 0. The SMILES string of the molecule is C[C@H](OC(=O)[C@@H]1CCCN(C(=O)C2CC2)C1)c1cccc(C#N)c1. The van der Waals surface area contributed by atoms with E-state index < -0.39 is 6.10 Å². The molecule has 1 saturated heterocycles. The Morgan fingerprint density at radius 2 is 2.08 bits per heavy atom. The van der Waals surface area contributed by atoms with Gasteiger partial charge in [0.25, 0.3) is 0 Å². The molecule has 1 aromatic carbocycles. The van der Waals surface area contributed by atoms with E-state index in [9.17, 15) is 9.59 Å². The standard InChI is InChI=1S/C19H22N2O3/c1-13(16-5-2-4-14(10-16)11-20)24-19(23)17-6-3-9-21(12-17)18(22)15-7-8-15/h2,4-5,10,13,15,17H,3,6-9,12H2,1H3/t13-,17+/m0/s1. The highest BCUT2D eigenvalue weighted by atomic mass is 16.5. The third-order valence-electron chi connectivity index (χ3n) is 4.77. The molecule has 1 saturated carbocycles. The molecule has 2 aliphatic rings. The van der Waals surface area contributed by atoms with Gasteiger partial charge in [-0.1, -0.05) is 12.1 Å². The van der Waals surface area contributed by atoms with E-state index in [2.05, 4.69) is 6.07 Å². The van der Waals surface area contributed by atoms with Gasteiger partial charge in [0.05, 0.1) is 17.6 Å². The van der Waals surface area contributed by atoms with Crippen molar-refractivity contribution < 1.29 is 14.3 Å². The zero-order chi connectivity index (χ0) is 17.1. The third kappa shape index (κ3) is 3.76. The molecular formula is C19H22N2O3. The summed E-state index contributed by atoms with van der Waals surface area (Å²) in [5.74, 6) is -0.115. The van der Waals surface area contributed by atoms with Gasteiger partial charge in [0.2, 0.25) is 5.91 Å². The number of esters is 1. The molecule has 1 aliphatic heterocycles. The van der Waals surface area contributed by atoms with E-state index in [1.165, 1.54) is 0 Å². The Morgan fingerprint density at radius 3 is 2.79 bits per heavy atom. The number of amides is 1. The molecule has 5 nitrogen and oxygen atoms in total. The van der Waals surface area contributed by atoms with Crippen molar-refractivity contribution in [2.75, 3.05) is 13.1 Å². The zero-order valence-corrected chi connectivity index (χ0v) is 13.9. The number of nitriles is 1. The highest BCUT2D eigenvalue weighted by Gasteiger charge is 2.37. The molecule has 2 fully saturated rings. The molecule has 3 rings (SSSR count). The molecule has 5 heteroatoms. The number of carbonyl (C=O) groups is 2. The third-order valence-corrected chi connectivity index (χ3v) is 4.77. The van der Waals surface area contributed by atoms with E-state index in [-0.39, 0.29) is 23.7 Å². The van der Waals surface area contributed by atoms with Crippen LogP contribution in [0.25, 0.3) is 0 Å². The lowest BCUT2D eigenvalue weighted by atomic mass is 9.97. The lowest BCUT2D eigenvalue weighted by Gasteiger charge is -2.32. The summed E-state index contributed by atoms with van der Waals surface area (Å²) >= 11 is 0. The van der Waals surface area contributed by atoms with E-state index in [0.29, 0.717) is 12.1 Å². The fraction of sp³-hybridized carbons (Fsp3) is 0.526. The van der Waals surface area contributed by atoms with E-state index >= 15 is 0 Å². The molecule has 0 N–H and O–H groups in total. The second-order valence-electron chi connectivity index (χ2n) is 6.71. The van der Waals surface area contributed by atoms with Crippen LogP contribution in [0.4, 0.5) is 0 Å². The summed E-state index contributed by atoms with van der Waals surface area (Å²) in [6, 6.07) is 9.19. The lowest BCUT2D eigenvalue weighted by molar-refractivity contribution is -0.156. The predicted molar refractivity (Wildman–Crippen MR) is 87.7 cm³/mol. The largest absolute Gasteiger partial charge is 0.458 e. The van der Waals surface area contributed by atoms with Crippen molar-refractivity contribution in [3.05, 3.63) is 35.4 Å². The minimum absolute atomic E-state index is 0.187. The predicted octanol–water partition coefficient (Wildman–Crippen LogP) is 2.81. The first kappa shape index (κ1) is 16.5. The summed E-state index contributed by atoms with van der Waals surface area (Å²) in [5, 5.41) is 8.97. The molecule has 2 atom stereocenters. The maximum Gasteiger partial charge on any atom is 0.311 e. The molecule has 0 aromatic heterocycles. The summed E-state index contributed by atoms with van der Waals surface area (Å²) in [5.41, 5.74) is 1.36. The molecule has 0 unspecified atom stereocenters. The Balaban J connectivity index is 1.59. The second-order valence-corrected chi connectivity index (χ2v) is 6.71. The van der Waals surface area contributed by atoms with Gasteiger partial charge in [0, 0.05) is 19.0 Å². The smallest absolute Gasteiger partial charge is 0.311 e. The van der Waals surface area contributed by atoms with Crippen molar-refractivity contribution in [2.24, 2.45) is 11.8 Å². The van der Waals surface area contributed by atoms with Gasteiger partial charge in [0.15, 0.2) is 0 Å². The Labute approximate surface area is 142 Å². The molecule has 0 bridgehead atoms. The van der Waals surface area contributed by atoms with Gasteiger partial charge in [-0.25, -0.2) is 0 Å². The van der Waals surface area contributed by atoms with Gasteiger partial charge in [-0.15, -0.1) is 0 Å². The minimum Gasteiger partial charge on any atom is -0.458 e. The van der Waals surface area contributed by atoms with Crippen LogP contribution in [0.5, 0.6) is 0 Å². The summed E-state index contributed by atoms with van der Waals surface area (Å²) in [6.45, 7) is 3.03. The van der Waals surface area contributed by atoms with Crippen molar-refractivity contribution in [1.82, 2.24) is 4.90 Å². The highest BCUT2D eigenvalue weighted by molar-refractivity contribution is 5.82. The first-order valence-electron chi connectivity index (χ1n) is 8.58. The van der Waals surface area contributed by atoms with Crippen molar-refractivity contribution in [3.63, 3.8) is 0 Å². The molecule has 1 aliphatic carbocycles. The molecule has 126 valence electrons. The Morgan fingerprint density at radius 1 is 1.29 bits per heavy atom. The highest BCUT2D eigenvalue weighted by Crippen LogP contribution is 2.33. The molecule has 1 heterocycles. The maximum absolute atomic E-state index is 12.5. The minimum atomic E-state index is -0.402. The number of piperidine rings is 1. The molecular weight excluding hydrogens is 304 g/mol. The van der Waals surface area contributed by atoms with Gasteiger partial charge in [-0.05, 0) is 50.3 Å². The molecule has 1 amide bonds. The maximum atomic E-state index is 12.5. The van der Waals surface area contributed by atoms with Crippen LogP contribution in [0.3, 0.4) is 0 Å². The number of nitrogens with zero attached hydrogens (tertiary/aromatic N) is 2. The number of rotatable bonds is 4. The topological polar surface area (TPSA) is 70.4 Å².